The monoisotopic (exact) mass is 254 g/mol. The van der Waals surface area contributed by atoms with Crippen LogP contribution >= 0.6 is 0 Å². The predicted octanol–water partition coefficient (Wildman–Crippen LogP) is 0.104. The Morgan fingerprint density at radius 3 is 2.83 bits per heavy atom. The Hall–Kier alpha value is -2.45. The zero-order chi connectivity index (χ0) is 13.5. The molecule has 0 aliphatic heterocycles. The number of anilines is 2. The van der Waals surface area contributed by atoms with Crippen molar-refractivity contribution < 1.29 is 9.72 Å². The molecule has 0 bridgehead atoms. The molecule has 1 heterocycles. The molecule has 9 nitrogen and oxygen atoms in total. The highest BCUT2D eigenvalue weighted by Gasteiger charge is 2.16. The predicted molar refractivity (Wildman–Crippen MR) is 65.2 cm³/mol. The molecule has 1 rings (SSSR count). The number of aromatic nitrogens is 2. The van der Waals surface area contributed by atoms with Gasteiger partial charge >= 0.3 is 5.69 Å². The van der Waals surface area contributed by atoms with Crippen LogP contribution in [0.1, 0.15) is 13.3 Å². The van der Waals surface area contributed by atoms with Crippen LogP contribution in [0.2, 0.25) is 0 Å². The molecule has 0 fully saturated rings. The number of amides is 1. The van der Waals surface area contributed by atoms with E-state index in [-0.39, 0.29) is 30.4 Å². The lowest BCUT2D eigenvalue weighted by atomic mass is 10.4. The lowest BCUT2D eigenvalue weighted by Crippen LogP contribution is -2.17. The van der Waals surface area contributed by atoms with Gasteiger partial charge in [0.25, 0.3) is 0 Å². The molecule has 4 N–H and O–H groups in total. The SMILES string of the molecule is CCNc1ncc([N+](=O)[O-])c(NCCC(N)=O)n1. The van der Waals surface area contributed by atoms with Crippen molar-refractivity contribution in [2.75, 3.05) is 23.7 Å². The number of hydrogen-bond donors (Lipinski definition) is 3. The number of carbonyl (C=O) groups excluding carboxylic acids is 1. The van der Waals surface area contributed by atoms with Gasteiger partial charge in [0.15, 0.2) is 0 Å². The Kier molecular flexibility index (Phi) is 4.78. The highest BCUT2D eigenvalue weighted by Crippen LogP contribution is 2.21. The van der Waals surface area contributed by atoms with Gasteiger partial charge in [-0.15, -0.1) is 0 Å². The number of carbonyl (C=O) groups is 1. The maximum atomic E-state index is 10.8. The Morgan fingerprint density at radius 2 is 2.28 bits per heavy atom. The molecule has 1 amide bonds. The summed E-state index contributed by atoms with van der Waals surface area (Å²) in [6.45, 7) is 2.63. The second-order valence-electron chi connectivity index (χ2n) is 3.36. The van der Waals surface area contributed by atoms with Gasteiger partial charge < -0.3 is 16.4 Å². The smallest absolute Gasteiger partial charge is 0.329 e. The summed E-state index contributed by atoms with van der Waals surface area (Å²) in [7, 11) is 0. The third kappa shape index (κ3) is 3.85. The first kappa shape index (κ1) is 13.6. The van der Waals surface area contributed by atoms with Crippen molar-refractivity contribution in [1.82, 2.24) is 9.97 Å². The highest BCUT2D eigenvalue weighted by atomic mass is 16.6. The van der Waals surface area contributed by atoms with E-state index < -0.39 is 10.8 Å². The number of nitrogens with one attached hydrogen (secondary N) is 2. The zero-order valence-electron chi connectivity index (χ0n) is 9.84. The first-order chi connectivity index (χ1) is 8.54. The number of hydrogen-bond acceptors (Lipinski definition) is 7. The number of nitrogens with two attached hydrogens (primary N) is 1. The number of primary amides is 1. The lowest BCUT2D eigenvalue weighted by Gasteiger charge is -2.07. The van der Waals surface area contributed by atoms with Gasteiger partial charge in [-0.05, 0) is 6.92 Å². The van der Waals surface area contributed by atoms with Gasteiger partial charge in [-0.25, -0.2) is 4.98 Å². The maximum Gasteiger partial charge on any atom is 0.329 e. The van der Waals surface area contributed by atoms with E-state index in [9.17, 15) is 14.9 Å². The summed E-state index contributed by atoms with van der Waals surface area (Å²) >= 11 is 0. The topological polar surface area (TPSA) is 136 Å². The Balaban J connectivity index is 2.85. The van der Waals surface area contributed by atoms with E-state index in [2.05, 4.69) is 20.6 Å². The summed E-state index contributed by atoms with van der Waals surface area (Å²) in [5.41, 5.74) is 4.73. The third-order valence-electron chi connectivity index (χ3n) is 1.96. The first-order valence-electron chi connectivity index (χ1n) is 5.32. The molecule has 0 aliphatic carbocycles. The summed E-state index contributed by atoms with van der Waals surface area (Å²) in [6, 6.07) is 0. The van der Waals surface area contributed by atoms with Crippen molar-refractivity contribution in [2.24, 2.45) is 5.73 Å². The molecule has 0 spiro atoms. The van der Waals surface area contributed by atoms with E-state index in [4.69, 9.17) is 5.73 Å². The average Bonchev–Trinajstić information content (AvgIpc) is 2.29. The fraction of sp³-hybridized carbons (Fsp3) is 0.444. The normalized spacial score (nSPS) is 9.83. The van der Waals surface area contributed by atoms with Crippen LogP contribution in [0.3, 0.4) is 0 Å². The van der Waals surface area contributed by atoms with Crippen molar-refractivity contribution in [3.8, 4) is 0 Å². The average molecular weight is 254 g/mol. The molecule has 0 saturated heterocycles. The minimum atomic E-state index is -0.595. The summed E-state index contributed by atoms with van der Waals surface area (Å²) in [4.78, 5) is 28.5. The molecule has 1 aromatic heterocycles. The van der Waals surface area contributed by atoms with Gasteiger partial charge in [0, 0.05) is 19.5 Å². The van der Waals surface area contributed by atoms with Crippen LogP contribution in [0, 0.1) is 10.1 Å². The van der Waals surface area contributed by atoms with Gasteiger partial charge in [-0.2, -0.15) is 4.98 Å². The van der Waals surface area contributed by atoms with Gasteiger partial charge in [-0.3, -0.25) is 14.9 Å². The second kappa shape index (κ2) is 6.33. The molecule has 0 aromatic carbocycles. The van der Waals surface area contributed by atoms with Crippen molar-refractivity contribution in [3.05, 3.63) is 16.3 Å². The van der Waals surface area contributed by atoms with Crippen LogP contribution in [0.25, 0.3) is 0 Å². The van der Waals surface area contributed by atoms with Gasteiger partial charge in [0.05, 0.1) is 4.92 Å². The maximum absolute atomic E-state index is 10.8. The van der Waals surface area contributed by atoms with Crippen LogP contribution in [-0.4, -0.2) is 33.9 Å². The Labute approximate surface area is 103 Å². The lowest BCUT2D eigenvalue weighted by molar-refractivity contribution is -0.384. The zero-order valence-corrected chi connectivity index (χ0v) is 9.84. The molecular weight excluding hydrogens is 240 g/mol. The van der Waals surface area contributed by atoms with Crippen LogP contribution in [-0.2, 0) is 4.79 Å². The number of nitro groups is 1. The fourth-order valence-electron chi connectivity index (χ4n) is 1.19. The minimum absolute atomic E-state index is 0.0622. The van der Waals surface area contributed by atoms with Crippen molar-refractivity contribution in [2.45, 2.75) is 13.3 Å². The summed E-state index contributed by atoms with van der Waals surface area (Å²) in [5.74, 6) is -0.150. The van der Waals surface area contributed by atoms with Gasteiger partial charge in [-0.1, -0.05) is 0 Å². The van der Waals surface area contributed by atoms with Crippen LogP contribution < -0.4 is 16.4 Å². The Morgan fingerprint density at radius 1 is 1.56 bits per heavy atom. The number of rotatable bonds is 7. The van der Waals surface area contributed by atoms with Crippen LogP contribution in [0.4, 0.5) is 17.5 Å². The molecule has 0 atom stereocenters. The second-order valence-corrected chi connectivity index (χ2v) is 3.36. The van der Waals surface area contributed by atoms with E-state index in [0.717, 1.165) is 6.20 Å². The largest absolute Gasteiger partial charge is 0.370 e. The van der Waals surface area contributed by atoms with E-state index in [1.54, 1.807) is 0 Å². The molecule has 98 valence electrons. The van der Waals surface area contributed by atoms with E-state index in [0.29, 0.717) is 6.54 Å². The molecule has 0 aliphatic rings. The van der Waals surface area contributed by atoms with Gasteiger partial charge in [0.1, 0.15) is 6.20 Å². The van der Waals surface area contributed by atoms with E-state index in [1.807, 2.05) is 6.92 Å². The molecule has 0 radical (unpaired) electrons. The summed E-state index contributed by atoms with van der Waals surface area (Å²) < 4.78 is 0. The number of nitrogens with zero attached hydrogens (tertiary/aromatic N) is 3. The van der Waals surface area contributed by atoms with E-state index >= 15 is 0 Å². The minimum Gasteiger partial charge on any atom is -0.370 e. The first-order valence-corrected chi connectivity index (χ1v) is 5.32. The van der Waals surface area contributed by atoms with Gasteiger partial charge in [0.2, 0.25) is 17.7 Å². The molecule has 18 heavy (non-hydrogen) atoms. The van der Waals surface area contributed by atoms with E-state index in [1.165, 1.54) is 0 Å². The fourth-order valence-corrected chi connectivity index (χ4v) is 1.19. The van der Waals surface area contributed by atoms with Crippen molar-refractivity contribution in [1.29, 1.82) is 0 Å². The molecule has 0 unspecified atom stereocenters. The van der Waals surface area contributed by atoms with Crippen molar-refractivity contribution in [3.63, 3.8) is 0 Å². The summed E-state index contributed by atoms with van der Waals surface area (Å²) in [5, 5.41) is 16.3. The molecule has 1 aromatic rings. The molecular formula is C9H14N6O3. The molecule has 0 saturated carbocycles. The van der Waals surface area contributed by atoms with Crippen LogP contribution in [0.5, 0.6) is 0 Å². The Bertz CT molecular complexity index is 450. The standard InChI is InChI=1S/C9H14N6O3/c1-2-11-9-13-5-6(15(17)18)8(14-9)12-4-3-7(10)16/h5H,2-4H2,1H3,(H2,10,16)(H2,11,12,13,14). The quantitative estimate of drug-likeness (QED) is 0.463. The third-order valence-corrected chi connectivity index (χ3v) is 1.96. The highest BCUT2D eigenvalue weighted by molar-refractivity contribution is 5.74. The van der Waals surface area contributed by atoms with Crippen LogP contribution in [0.15, 0.2) is 6.20 Å². The molecule has 9 heteroatoms. The van der Waals surface area contributed by atoms with Crippen molar-refractivity contribution >= 4 is 23.4 Å². The summed E-state index contributed by atoms with van der Waals surface area (Å²) in [6.07, 6.45) is 1.18.